The minimum absolute atomic E-state index is 0.307. The molecule has 0 radical (unpaired) electrons. The zero-order valence-corrected chi connectivity index (χ0v) is 14.7. The van der Waals surface area contributed by atoms with Crippen molar-refractivity contribution in [3.63, 3.8) is 0 Å². The van der Waals surface area contributed by atoms with Gasteiger partial charge in [-0.05, 0) is 44.2 Å². The molecule has 0 spiro atoms. The van der Waals surface area contributed by atoms with Crippen molar-refractivity contribution in [2.75, 3.05) is 19.8 Å². The van der Waals surface area contributed by atoms with E-state index in [-0.39, 0.29) is 6.61 Å². The maximum absolute atomic E-state index is 11.6. The first kappa shape index (κ1) is 19.5. The molecule has 1 aliphatic carbocycles. The van der Waals surface area contributed by atoms with E-state index in [1.54, 1.807) is 24.3 Å². The highest BCUT2D eigenvalue weighted by Gasteiger charge is 2.11. The number of ether oxygens (including phenoxy) is 2. The Bertz CT molecular complexity index is 643. The van der Waals surface area contributed by atoms with Crippen LogP contribution in [0.15, 0.2) is 42.0 Å². The van der Waals surface area contributed by atoms with Gasteiger partial charge in [0.25, 0.3) is 5.91 Å². The van der Waals surface area contributed by atoms with Gasteiger partial charge >= 0.3 is 12.0 Å². The SMILES string of the molecule is O=C(COC(=O)COc1ccccc1)NC(=O)NCCC1=CCCCC1. The highest BCUT2D eigenvalue weighted by atomic mass is 16.6. The lowest BCUT2D eigenvalue weighted by molar-refractivity contribution is -0.150. The number of amides is 3. The topological polar surface area (TPSA) is 93.7 Å². The summed E-state index contributed by atoms with van der Waals surface area (Å²) in [4.78, 5) is 34.7. The van der Waals surface area contributed by atoms with Crippen LogP contribution >= 0.6 is 0 Å². The Balaban J connectivity index is 1.55. The lowest BCUT2D eigenvalue weighted by atomic mass is 9.97. The van der Waals surface area contributed by atoms with E-state index in [0.29, 0.717) is 12.3 Å². The summed E-state index contributed by atoms with van der Waals surface area (Å²) < 4.78 is 9.96. The number of allylic oxidation sites excluding steroid dienone is 1. The van der Waals surface area contributed by atoms with E-state index in [9.17, 15) is 14.4 Å². The minimum atomic E-state index is -0.688. The molecule has 1 aliphatic rings. The molecular formula is C19H24N2O5. The number of carbonyl (C=O) groups excluding carboxylic acids is 3. The largest absolute Gasteiger partial charge is 0.482 e. The number of para-hydroxylation sites is 1. The second-order valence-electron chi connectivity index (χ2n) is 5.92. The zero-order chi connectivity index (χ0) is 18.6. The predicted octanol–water partition coefficient (Wildman–Crippen LogP) is 2.32. The Morgan fingerprint density at radius 1 is 1.04 bits per heavy atom. The van der Waals surface area contributed by atoms with Crippen LogP contribution in [0.5, 0.6) is 5.75 Å². The predicted molar refractivity (Wildman–Crippen MR) is 95.6 cm³/mol. The van der Waals surface area contributed by atoms with Crippen molar-refractivity contribution in [3.8, 4) is 5.75 Å². The number of hydrogen-bond donors (Lipinski definition) is 2. The molecule has 0 heterocycles. The van der Waals surface area contributed by atoms with E-state index < -0.39 is 24.5 Å². The fourth-order valence-electron chi connectivity index (χ4n) is 2.52. The molecule has 3 amide bonds. The molecule has 0 aromatic heterocycles. The molecule has 2 rings (SSSR count). The fraction of sp³-hybridized carbons (Fsp3) is 0.421. The highest BCUT2D eigenvalue weighted by Crippen LogP contribution is 2.19. The Morgan fingerprint density at radius 3 is 2.58 bits per heavy atom. The first-order chi connectivity index (χ1) is 12.6. The Hall–Kier alpha value is -2.83. The zero-order valence-electron chi connectivity index (χ0n) is 14.7. The maximum atomic E-state index is 11.6. The third kappa shape index (κ3) is 7.83. The number of esters is 1. The Labute approximate surface area is 152 Å². The van der Waals surface area contributed by atoms with Crippen molar-refractivity contribution in [1.82, 2.24) is 10.6 Å². The standard InChI is InChI=1S/C19H24N2O5/c22-17(13-26-18(23)14-25-16-9-5-2-6-10-16)21-19(24)20-12-11-15-7-3-1-4-8-15/h2,5-7,9-10H,1,3-4,8,11-14H2,(H2,20,21,22,24). The molecule has 140 valence electrons. The summed E-state index contributed by atoms with van der Waals surface area (Å²) in [5.74, 6) is -0.845. The van der Waals surface area contributed by atoms with Crippen molar-refractivity contribution in [2.24, 2.45) is 0 Å². The van der Waals surface area contributed by atoms with Gasteiger partial charge in [0, 0.05) is 6.54 Å². The van der Waals surface area contributed by atoms with Gasteiger partial charge in [0.1, 0.15) is 5.75 Å². The minimum Gasteiger partial charge on any atom is -0.482 e. The maximum Gasteiger partial charge on any atom is 0.344 e. The van der Waals surface area contributed by atoms with Crippen LogP contribution in [0.1, 0.15) is 32.1 Å². The number of hydrogen-bond acceptors (Lipinski definition) is 5. The third-order valence-corrected chi connectivity index (χ3v) is 3.83. The van der Waals surface area contributed by atoms with E-state index in [1.165, 1.54) is 18.4 Å². The number of carbonyl (C=O) groups is 3. The highest BCUT2D eigenvalue weighted by molar-refractivity contribution is 5.95. The molecule has 2 N–H and O–H groups in total. The summed E-state index contributed by atoms with van der Waals surface area (Å²) in [6.45, 7) is -0.371. The lowest BCUT2D eigenvalue weighted by Crippen LogP contribution is -2.42. The van der Waals surface area contributed by atoms with Crippen LogP contribution in [0.4, 0.5) is 4.79 Å². The van der Waals surface area contributed by atoms with E-state index >= 15 is 0 Å². The molecule has 0 unspecified atom stereocenters. The summed E-state index contributed by atoms with van der Waals surface area (Å²) in [5, 5.41) is 4.74. The average molecular weight is 360 g/mol. The molecule has 0 saturated heterocycles. The van der Waals surface area contributed by atoms with Crippen LogP contribution in [-0.4, -0.2) is 37.7 Å². The summed E-state index contributed by atoms with van der Waals surface area (Å²) in [6, 6.07) is 8.19. The van der Waals surface area contributed by atoms with Crippen LogP contribution in [0, 0.1) is 0 Å². The van der Waals surface area contributed by atoms with Crippen LogP contribution in [-0.2, 0) is 14.3 Å². The van der Waals surface area contributed by atoms with Gasteiger partial charge in [0.05, 0.1) is 0 Å². The molecule has 7 heteroatoms. The van der Waals surface area contributed by atoms with Gasteiger partial charge in [0.15, 0.2) is 13.2 Å². The second-order valence-corrected chi connectivity index (χ2v) is 5.92. The molecule has 0 atom stereocenters. The molecule has 26 heavy (non-hydrogen) atoms. The summed E-state index contributed by atoms with van der Waals surface area (Å²) in [7, 11) is 0. The molecule has 1 aromatic rings. The van der Waals surface area contributed by atoms with Crippen molar-refractivity contribution >= 4 is 17.9 Å². The number of imide groups is 1. The Morgan fingerprint density at radius 2 is 1.85 bits per heavy atom. The summed E-state index contributed by atoms with van der Waals surface area (Å²) >= 11 is 0. The first-order valence-electron chi connectivity index (χ1n) is 8.72. The lowest BCUT2D eigenvalue weighted by Gasteiger charge is -2.13. The van der Waals surface area contributed by atoms with Gasteiger partial charge in [-0.15, -0.1) is 0 Å². The van der Waals surface area contributed by atoms with Gasteiger partial charge in [0.2, 0.25) is 0 Å². The van der Waals surface area contributed by atoms with Crippen molar-refractivity contribution in [3.05, 3.63) is 42.0 Å². The molecule has 0 aliphatic heterocycles. The van der Waals surface area contributed by atoms with Crippen LogP contribution in [0.25, 0.3) is 0 Å². The number of nitrogens with one attached hydrogen (secondary N) is 2. The third-order valence-electron chi connectivity index (χ3n) is 3.83. The number of rotatable bonds is 8. The first-order valence-corrected chi connectivity index (χ1v) is 8.72. The molecule has 0 saturated carbocycles. The van der Waals surface area contributed by atoms with Gasteiger partial charge < -0.3 is 14.8 Å². The van der Waals surface area contributed by atoms with Gasteiger partial charge in [-0.25, -0.2) is 9.59 Å². The molecule has 0 fully saturated rings. The van der Waals surface area contributed by atoms with E-state index in [1.807, 2.05) is 6.07 Å². The summed E-state index contributed by atoms with van der Waals surface area (Å²) in [6.07, 6.45) is 7.58. The number of urea groups is 1. The average Bonchev–Trinajstić information content (AvgIpc) is 2.66. The van der Waals surface area contributed by atoms with E-state index in [4.69, 9.17) is 9.47 Å². The van der Waals surface area contributed by atoms with Crippen molar-refractivity contribution in [1.29, 1.82) is 0 Å². The summed E-state index contributed by atoms with van der Waals surface area (Å²) in [5.41, 5.74) is 1.34. The van der Waals surface area contributed by atoms with Crippen LogP contribution in [0.2, 0.25) is 0 Å². The molecule has 7 nitrogen and oxygen atoms in total. The van der Waals surface area contributed by atoms with E-state index in [0.717, 1.165) is 19.3 Å². The normalized spacial score (nSPS) is 13.3. The number of benzene rings is 1. The molecule has 1 aromatic carbocycles. The quantitative estimate of drug-likeness (QED) is 0.548. The monoisotopic (exact) mass is 360 g/mol. The van der Waals surface area contributed by atoms with Crippen LogP contribution < -0.4 is 15.4 Å². The molecule has 0 bridgehead atoms. The smallest absolute Gasteiger partial charge is 0.344 e. The Kier molecular flexibility index (Phi) is 8.18. The fourth-order valence-corrected chi connectivity index (χ4v) is 2.52. The van der Waals surface area contributed by atoms with Crippen LogP contribution in [0.3, 0.4) is 0 Å². The second kappa shape index (κ2) is 10.9. The van der Waals surface area contributed by atoms with Gasteiger partial charge in [-0.1, -0.05) is 29.8 Å². The van der Waals surface area contributed by atoms with E-state index in [2.05, 4.69) is 16.7 Å². The van der Waals surface area contributed by atoms with Crippen molar-refractivity contribution in [2.45, 2.75) is 32.1 Å². The van der Waals surface area contributed by atoms with Gasteiger partial charge in [-0.2, -0.15) is 0 Å². The molecular weight excluding hydrogens is 336 g/mol. The van der Waals surface area contributed by atoms with Crippen molar-refractivity contribution < 1.29 is 23.9 Å². The van der Waals surface area contributed by atoms with Gasteiger partial charge in [-0.3, -0.25) is 10.1 Å².